The Morgan fingerprint density at radius 1 is 0.242 bits per heavy atom. The van der Waals surface area contributed by atoms with Gasteiger partial charge in [-0.3, -0.25) is 27.3 Å². The van der Waals surface area contributed by atoms with Crippen molar-refractivity contribution in [2.24, 2.45) is 0 Å². The number of hydrogen-bond acceptors (Lipinski definition) is 24. The topological polar surface area (TPSA) is 482 Å². The van der Waals surface area contributed by atoms with Crippen LogP contribution in [0.1, 0.15) is 16.7 Å². The number of benzene rings is 9. The Morgan fingerprint density at radius 3 is 0.788 bits per heavy atom. The predicted octanol–water partition coefficient (Wildman–Crippen LogP) is 12.3. The first kappa shape index (κ1) is 66.9. The van der Waals surface area contributed by atoms with Crippen molar-refractivity contribution in [1.82, 2.24) is 29.9 Å². The van der Waals surface area contributed by atoms with E-state index in [-0.39, 0.29) is 61.4 Å². The quantitative estimate of drug-likeness (QED) is 0.0619. The van der Waals surface area contributed by atoms with Crippen molar-refractivity contribution in [3.63, 3.8) is 0 Å². The number of rotatable bonds is 12. The molecule has 6 heterocycles. The molecule has 9 aromatic carbocycles. The highest BCUT2D eigenvalue weighted by atomic mass is 32.2. The van der Waals surface area contributed by atoms with E-state index in [1.165, 1.54) is 48.5 Å². The third-order valence-electron chi connectivity index (χ3n) is 14.8. The molecule has 6 aromatic heterocycles. The summed E-state index contributed by atoms with van der Waals surface area (Å²) in [5, 5.41) is 0. The van der Waals surface area contributed by atoms with Crippen LogP contribution in [0.2, 0.25) is 0 Å². The van der Waals surface area contributed by atoms with E-state index in [1.54, 1.807) is 37.3 Å². The molecule has 6 N–H and O–H groups in total. The van der Waals surface area contributed by atoms with Gasteiger partial charge in [0.2, 0.25) is 35.3 Å². The molecule has 15 aromatic rings. The van der Waals surface area contributed by atoms with Crippen LogP contribution < -0.4 is 0 Å². The molecule has 36 heteroatoms. The molecule has 30 nitrogen and oxygen atoms in total. The van der Waals surface area contributed by atoms with Gasteiger partial charge in [0.1, 0.15) is 47.8 Å². The van der Waals surface area contributed by atoms with Crippen LogP contribution in [0, 0.1) is 20.8 Å². The second-order valence-corrected chi connectivity index (χ2v) is 30.3. The molecular weight excluding hydrogens is 1420 g/mol. The molecule has 99 heavy (non-hydrogen) atoms. The van der Waals surface area contributed by atoms with Crippen LogP contribution >= 0.6 is 0 Å². The van der Waals surface area contributed by atoms with Gasteiger partial charge in [0, 0.05) is 51.6 Å². The normalized spacial score (nSPS) is 12.6. The minimum absolute atomic E-state index is 0.0258. The molecule has 0 radical (unpaired) electrons. The van der Waals surface area contributed by atoms with Gasteiger partial charge in [0.25, 0.3) is 60.7 Å². The lowest BCUT2D eigenvalue weighted by Crippen LogP contribution is -2.04. The van der Waals surface area contributed by atoms with E-state index < -0.39 is 85.2 Å². The summed E-state index contributed by atoms with van der Waals surface area (Å²) in [6, 6.07) is 41.3. The van der Waals surface area contributed by atoms with Crippen molar-refractivity contribution in [1.29, 1.82) is 0 Å². The molecule has 0 aliphatic heterocycles. The largest absolute Gasteiger partial charge is 0.436 e. The fraction of sp³-hybridized carbons (Fsp3) is 0.0476. The maximum atomic E-state index is 11.8. The molecule has 0 spiro atoms. The summed E-state index contributed by atoms with van der Waals surface area (Å²) in [4.78, 5) is 21.8. The van der Waals surface area contributed by atoms with Gasteiger partial charge in [-0.1, -0.05) is 12.1 Å². The molecule has 504 valence electrons. The van der Waals surface area contributed by atoms with Crippen molar-refractivity contribution in [2.45, 2.75) is 50.1 Å². The van der Waals surface area contributed by atoms with E-state index >= 15 is 0 Å². The van der Waals surface area contributed by atoms with Crippen LogP contribution in [0.5, 0.6) is 0 Å². The molecule has 0 amide bonds. The summed E-state index contributed by atoms with van der Waals surface area (Å²) >= 11 is 0. The van der Waals surface area contributed by atoms with E-state index in [4.69, 9.17) is 26.5 Å². The number of fused-ring (bicyclic) bond motifs is 6. The van der Waals surface area contributed by atoms with E-state index in [2.05, 4.69) is 29.9 Å². The summed E-state index contributed by atoms with van der Waals surface area (Å²) in [7, 11) is -28.2. The molecular formula is C63H42N6O24S6. The second kappa shape index (κ2) is 24.4. The van der Waals surface area contributed by atoms with Crippen molar-refractivity contribution < 1.29 is 104 Å². The third-order valence-corrected chi connectivity index (χ3v) is 19.9. The van der Waals surface area contributed by atoms with E-state index in [9.17, 15) is 77.8 Å². The first-order valence-electron chi connectivity index (χ1n) is 28.1. The average Bonchev–Trinajstić information content (AvgIpc) is 1.68. The lowest BCUT2D eigenvalue weighted by Gasteiger charge is -2.01. The van der Waals surface area contributed by atoms with E-state index in [0.717, 1.165) is 39.9 Å². The minimum atomic E-state index is -4.93. The summed E-state index contributed by atoms with van der Waals surface area (Å²) in [5.74, 6) is 1.15. The highest BCUT2D eigenvalue weighted by Crippen LogP contribution is 2.37. The average molecular weight is 1460 g/mol. The zero-order valence-electron chi connectivity index (χ0n) is 50.3. The molecule has 0 bridgehead atoms. The van der Waals surface area contributed by atoms with Crippen molar-refractivity contribution in [3.05, 3.63) is 180 Å². The summed E-state index contributed by atoms with van der Waals surface area (Å²) in [6.07, 6.45) is 0. The highest BCUT2D eigenvalue weighted by molar-refractivity contribution is 7.87. The van der Waals surface area contributed by atoms with Gasteiger partial charge in [0.05, 0.1) is 14.7 Å². The second-order valence-electron chi connectivity index (χ2n) is 21.9. The van der Waals surface area contributed by atoms with Gasteiger partial charge < -0.3 is 26.5 Å². The van der Waals surface area contributed by atoms with Gasteiger partial charge in [-0.05, 0) is 171 Å². The summed E-state index contributed by atoms with van der Waals surface area (Å²) in [6.45, 7) is 5.57. The van der Waals surface area contributed by atoms with Crippen molar-refractivity contribution in [3.8, 4) is 68.7 Å². The zero-order chi connectivity index (χ0) is 70.6. The molecule has 0 aliphatic carbocycles. The lowest BCUT2D eigenvalue weighted by molar-refractivity contribution is 0.477. The molecule has 0 saturated carbocycles. The standard InChI is InChI=1S/C21H14N2O11S3.C21H14N2O8S2.C21H14N2O5S/c1-10-6-14-18(16(7-10)36(27,28)29)22-20(33-14)11-2-4-12(5-3-11)21-23-19-15(34-21)8-13(35(24,25)26)9-17(19)37(30,31)32;1-11-2-7-15-16(8-11)30-20(22-15)12-3-5-13(6-4-12)21-23-19-17(31-21)9-14(32(24,25)26)10-18(19)33(27,28)29;1-12-2-8-16-18(10-12)27-20(22-16)13-3-5-14(6-4-13)21-23-17-9-7-15(29(24,25)26)11-19(17)28-21/h2-9H,1H3,(H,24,25,26)(H,27,28,29)(H,30,31,32);2-10H,1H3,(H,24,25,26)(H,27,28,29);2-11H,1H3,(H,24,25,26). The maximum Gasteiger partial charge on any atom is 0.296 e. The minimum Gasteiger partial charge on any atom is -0.436 e. The first-order chi connectivity index (χ1) is 46.5. The van der Waals surface area contributed by atoms with Gasteiger partial charge >= 0.3 is 0 Å². The van der Waals surface area contributed by atoms with Crippen molar-refractivity contribution in [2.75, 3.05) is 0 Å². The highest BCUT2D eigenvalue weighted by Gasteiger charge is 2.28. The maximum absolute atomic E-state index is 11.8. The van der Waals surface area contributed by atoms with E-state index in [1.807, 2.05) is 74.5 Å². The Labute approximate surface area is 557 Å². The molecule has 0 unspecified atom stereocenters. The van der Waals surface area contributed by atoms with Crippen LogP contribution in [0.25, 0.3) is 135 Å². The fourth-order valence-corrected chi connectivity index (χ4v) is 13.9. The van der Waals surface area contributed by atoms with Gasteiger partial charge in [-0.2, -0.15) is 50.5 Å². The van der Waals surface area contributed by atoms with Gasteiger partial charge in [-0.15, -0.1) is 0 Å². The van der Waals surface area contributed by atoms with E-state index in [0.29, 0.717) is 79.8 Å². The monoisotopic (exact) mass is 1460 g/mol. The Morgan fingerprint density at radius 2 is 0.485 bits per heavy atom. The molecule has 15 rings (SSSR count). The van der Waals surface area contributed by atoms with Crippen LogP contribution in [0.15, 0.2) is 220 Å². The predicted molar refractivity (Wildman–Crippen MR) is 350 cm³/mol. The lowest BCUT2D eigenvalue weighted by atomic mass is 10.1. The zero-order valence-corrected chi connectivity index (χ0v) is 55.2. The van der Waals surface area contributed by atoms with Crippen LogP contribution in [-0.2, 0) is 60.7 Å². The van der Waals surface area contributed by atoms with Crippen molar-refractivity contribution >= 4 is 127 Å². The number of aromatic nitrogens is 6. The molecule has 0 fully saturated rings. The Bertz CT molecular complexity index is 6560. The molecule has 0 atom stereocenters. The smallest absolute Gasteiger partial charge is 0.296 e. The van der Waals surface area contributed by atoms with Gasteiger partial charge in [-0.25, -0.2) is 29.9 Å². The Balaban J connectivity index is 0.000000134. The summed E-state index contributed by atoms with van der Waals surface area (Å²) < 4.78 is 229. The van der Waals surface area contributed by atoms with Gasteiger partial charge in [0.15, 0.2) is 33.5 Å². The summed E-state index contributed by atoms with van der Waals surface area (Å²) in [5.41, 5.74) is 8.55. The Kier molecular flexibility index (Phi) is 16.5. The number of oxazole rings is 6. The third kappa shape index (κ3) is 13.8. The van der Waals surface area contributed by atoms with Crippen LogP contribution in [-0.4, -0.2) is 108 Å². The first-order valence-corrected chi connectivity index (χ1v) is 36.7. The molecule has 0 saturated heterocycles. The number of hydrogen-bond donors (Lipinski definition) is 6. The number of aryl methyl sites for hydroxylation is 3. The van der Waals surface area contributed by atoms with Crippen LogP contribution in [0.3, 0.4) is 0 Å². The molecule has 0 aliphatic rings. The fourth-order valence-electron chi connectivity index (χ4n) is 10.1. The SMILES string of the molecule is Cc1cc(S(=O)(=O)O)c2nc(-c3ccc(-c4nc5c(S(=O)(=O)O)cc(S(=O)(=O)O)cc5o4)cc3)oc2c1.Cc1ccc2nc(-c3ccc(-c4nc5c(S(=O)(=O)O)cc(S(=O)(=O)O)cc5o4)cc3)oc2c1.Cc1ccc2nc(-c3ccc(-c4nc5ccc(S(=O)(=O)O)cc5o4)cc3)oc2c1. The Hall–Kier alpha value is -10.7. The van der Waals surface area contributed by atoms with Crippen LogP contribution in [0.4, 0.5) is 0 Å². The number of nitrogens with zero attached hydrogens (tertiary/aromatic N) is 6.